The molecule has 0 aliphatic carbocycles. The van der Waals surface area contributed by atoms with Gasteiger partial charge in [0.15, 0.2) is 0 Å². The standard InChI is InChI=1S/C26H38F2N4OS2/c27-12-15-29-14-11-26(21-34-24-5-2-1-3-6-24,22-35-25-9-7-23(28)8-10-25)31-30-13-4-16-32-17-19-33-20-18-32/h1-3,5-10,29-31H,4,11-22H2/t26-/m1/s1. The van der Waals surface area contributed by atoms with Gasteiger partial charge in [-0.1, -0.05) is 18.2 Å². The number of hydrazine groups is 1. The van der Waals surface area contributed by atoms with Crippen molar-refractivity contribution in [2.24, 2.45) is 0 Å². The van der Waals surface area contributed by atoms with E-state index in [0.717, 1.165) is 68.6 Å². The lowest BCUT2D eigenvalue weighted by Crippen LogP contribution is -2.57. The number of alkyl halides is 1. The highest BCUT2D eigenvalue weighted by Gasteiger charge is 2.30. The Balaban J connectivity index is 1.61. The average molecular weight is 525 g/mol. The number of nitrogens with one attached hydrogen (secondary N) is 3. The molecule has 1 aliphatic heterocycles. The van der Waals surface area contributed by atoms with Gasteiger partial charge in [0, 0.05) is 47.5 Å². The number of nitrogens with zero attached hydrogens (tertiary/aromatic N) is 1. The van der Waals surface area contributed by atoms with Gasteiger partial charge in [-0.05, 0) is 62.3 Å². The summed E-state index contributed by atoms with van der Waals surface area (Å²) in [4.78, 5) is 4.69. The molecule has 1 heterocycles. The number of rotatable bonds is 17. The zero-order valence-corrected chi connectivity index (χ0v) is 21.9. The van der Waals surface area contributed by atoms with E-state index in [1.54, 1.807) is 11.8 Å². The lowest BCUT2D eigenvalue weighted by molar-refractivity contribution is 0.0373. The molecule has 1 aliphatic rings. The number of hydrogen-bond acceptors (Lipinski definition) is 7. The second-order valence-electron chi connectivity index (χ2n) is 8.67. The Morgan fingerprint density at radius 1 is 0.886 bits per heavy atom. The number of thioether (sulfide) groups is 2. The number of morpholine rings is 1. The smallest absolute Gasteiger partial charge is 0.123 e. The summed E-state index contributed by atoms with van der Waals surface area (Å²) in [7, 11) is 0. The number of hydrogen-bond donors (Lipinski definition) is 3. The molecule has 9 heteroatoms. The zero-order chi connectivity index (χ0) is 24.6. The van der Waals surface area contributed by atoms with E-state index in [1.807, 2.05) is 30.0 Å². The molecule has 3 N–H and O–H groups in total. The van der Waals surface area contributed by atoms with Gasteiger partial charge < -0.3 is 10.1 Å². The van der Waals surface area contributed by atoms with Crippen molar-refractivity contribution in [1.82, 2.24) is 21.1 Å². The molecule has 1 atom stereocenters. The Bertz CT molecular complexity index is 813. The summed E-state index contributed by atoms with van der Waals surface area (Å²) in [6.07, 6.45) is 1.87. The molecule has 3 rings (SSSR count). The van der Waals surface area contributed by atoms with E-state index in [4.69, 9.17) is 4.74 Å². The SMILES string of the molecule is FCCNCC[C@@](CSc1ccccc1)(CSc1ccc(F)cc1)NNCCCN1CCOCC1. The molecule has 2 aromatic rings. The van der Waals surface area contributed by atoms with Gasteiger partial charge in [0.05, 0.1) is 18.8 Å². The van der Waals surface area contributed by atoms with Crippen molar-refractivity contribution in [2.45, 2.75) is 28.2 Å². The molecule has 0 spiro atoms. The van der Waals surface area contributed by atoms with Crippen LogP contribution in [0.2, 0.25) is 0 Å². The summed E-state index contributed by atoms with van der Waals surface area (Å²) < 4.78 is 31.5. The summed E-state index contributed by atoms with van der Waals surface area (Å²) in [6, 6.07) is 17.0. The third-order valence-electron chi connectivity index (χ3n) is 5.87. The fraction of sp³-hybridized carbons (Fsp3) is 0.538. The summed E-state index contributed by atoms with van der Waals surface area (Å²) in [6.45, 7) is 6.24. The van der Waals surface area contributed by atoms with Gasteiger partial charge in [-0.25, -0.2) is 14.2 Å². The van der Waals surface area contributed by atoms with Crippen LogP contribution in [0.1, 0.15) is 12.8 Å². The van der Waals surface area contributed by atoms with Gasteiger partial charge in [0.2, 0.25) is 0 Å². The van der Waals surface area contributed by atoms with E-state index >= 15 is 0 Å². The Morgan fingerprint density at radius 2 is 1.57 bits per heavy atom. The van der Waals surface area contributed by atoms with Crippen molar-refractivity contribution < 1.29 is 13.5 Å². The van der Waals surface area contributed by atoms with Crippen molar-refractivity contribution in [2.75, 3.05) is 70.7 Å². The van der Waals surface area contributed by atoms with Crippen LogP contribution in [0, 0.1) is 5.82 Å². The lowest BCUT2D eigenvalue weighted by Gasteiger charge is -2.35. The summed E-state index contributed by atoms with van der Waals surface area (Å²) in [5.74, 6) is 1.42. The normalized spacial score (nSPS) is 16.3. The number of benzene rings is 2. The maximum Gasteiger partial charge on any atom is 0.123 e. The molecule has 5 nitrogen and oxygen atoms in total. The second kappa shape index (κ2) is 16.5. The van der Waals surface area contributed by atoms with Crippen molar-refractivity contribution in [3.8, 4) is 0 Å². The van der Waals surface area contributed by atoms with Crippen molar-refractivity contribution in [3.63, 3.8) is 0 Å². The second-order valence-corrected chi connectivity index (χ2v) is 10.8. The van der Waals surface area contributed by atoms with Crippen LogP contribution in [0.5, 0.6) is 0 Å². The molecule has 1 fully saturated rings. The minimum atomic E-state index is -0.372. The van der Waals surface area contributed by atoms with Crippen molar-refractivity contribution in [1.29, 1.82) is 0 Å². The maximum absolute atomic E-state index is 13.4. The minimum absolute atomic E-state index is 0.226. The van der Waals surface area contributed by atoms with Crippen LogP contribution in [0.15, 0.2) is 64.4 Å². The van der Waals surface area contributed by atoms with Crippen LogP contribution in [0.25, 0.3) is 0 Å². The number of halogens is 2. The zero-order valence-electron chi connectivity index (χ0n) is 20.3. The van der Waals surface area contributed by atoms with Crippen LogP contribution in [-0.4, -0.2) is 81.1 Å². The number of ether oxygens (including phenoxy) is 1. The first-order valence-electron chi connectivity index (χ1n) is 12.3. The fourth-order valence-electron chi connectivity index (χ4n) is 3.80. The summed E-state index contributed by atoms with van der Waals surface area (Å²) in [5.41, 5.74) is 6.90. The molecule has 0 amide bonds. The van der Waals surface area contributed by atoms with Crippen LogP contribution >= 0.6 is 23.5 Å². The van der Waals surface area contributed by atoms with E-state index < -0.39 is 0 Å². The summed E-state index contributed by atoms with van der Waals surface area (Å²) in [5, 5.41) is 3.21. The predicted molar refractivity (Wildman–Crippen MR) is 143 cm³/mol. The highest BCUT2D eigenvalue weighted by atomic mass is 32.2. The van der Waals surface area contributed by atoms with Crippen LogP contribution in [-0.2, 0) is 4.74 Å². The molecule has 1 saturated heterocycles. The third kappa shape index (κ3) is 11.2. The molecule has 194 valence electrons. The van der Waals surface area contributed by atoms with E-state index in [-0.39, 0.29) is 18.0 Å². The van der Waals surface area contributed by atoms with Gasteiger partial charge in [-0.2, -0.15) is 0 Å². The predicted octanol–water partition coefficient (Wildman–Crippen LogP) is 4.21. The molecular formula is C26H38F2N4OS2. The highest BCUT2D eigenvalue weighted by Crippen LogP contribution is 2.30. The Labute approximate surface area is 217 Å². The van der Waals surface area contributed by atoms with Crippen molar-refractivity contribution in [3.05, 3.63) is 60.4 Å². The fourth-order valence-corrected chi connectivity index (χ4v) is 6.13. The van der Waals surface area contributed by atoms with E-state index in [1.165, 1.54) is 17.0 Å². The van der Waals surface area contributed by atoms with E-state index in [9.17, 15) is 8.78 Å². The maximum atomic E-state index is 13.4. The molecule has 0 aromatic heterocycles. The minimum Gasteiger partial charge on any atom is -0.379 e. The van der Waals surface area contributed by atoms with Gasteiger partial charge in [-0.15, -0.1) is 23.5 Å². The quantitative estimate of drug-likeness (QED) is 0.163. The van der Waals surface area contributed by atoms with Crippen LogP contribution in [0.4, 0.5) is 8.78 Å². The van der Waals surface area contributed by atoms with Gasteiger partial charge in [0.25, 0.3) is 0 Å². The molecule has 2 aromatic carbocycles. The Hall–Kier alpha value is -1.20. The van der Waals surface area contributed by atoms with Crippen LogP contribution < -0.4 is 16.2 Å². The van der Waals surface area contributed by atoms with E-state index in [0.29, 0.717) is 13.1 Å². The first kappa shape index (κ1) is 28.4. The third-order valence-corrected chi connectivity index (χ3v) is 8.48. The summed E-state index contributed by atoms with van der Waals surface area (Å²) >= 11 is 3.53. The van der Waals surface area contributed by atoms with Crippen LogP contribution in [0.3, 0.4) is 0 Å². The monoisotopic (exact) mass is 524 g/mol. The first-order valence-corrected chi connectivity index (χ1v) is 14.3. The molecular weight excluding hydrogens is 486 g/mol. The molecule has 0 bridgehead atoms. The average Bonchev–Trinajstić information content (AvgIpc) is 2.90. The molecule has 0 radical (unpaired) electrons. The highest BCUT2D eigenvalue weighted by molar-refractivity contribution is 8.00. The van der Waals surface area contributed by atoms with Gasteiger partial charge >= 0.3 is 0 Å². The van der Waals surface area contributed by atoms with Crippen molar-refractivity contribution >= 4 is 23.5 Å². The molecule has 35 heavy (non-hydrogen) atoms. The molecule has 0 saturated carbocycles. The van der Waals surface area contributed by atoms with E-state index in [2.05, 4.69) is 45.3 Å². The Kier molecular flexibility index (Phi) is 13.4. The van der Waals surface area contributed by atoms with Gasteiger partial charge in [0.1, 0.15) is 12.5 Å². The first-order chi connectivity index (χ1) is 17.2. The largest absolute Gasteiger partial charge is 0.379 e. The molecule has 0 unspecified atom stereocenters. The van der Waals surface area contributed by atoms with Gasteiger partial charge in [-0.3, -0.25) is 10.3 Å². The Morgan fingerprint density at radius 3 is 2.26 bits per heavy atom. The lowest BCUT2D eigenvalue weighted by atomic mass is 10.0. The topological polar surface area (TPSA) is 48.6 Å².